The molecule has 0 radical (unpaired) electrons. The molecule has 2 nitrogen and oxygen atoms in total. The lowest BCUT2D eigenvalue weighted by Gasteiger charge is -2.20. The Kier molecular flexibility index (Phi) is 8.22. The molecule has 0 fully saturated rings. The molecule has 1 aromatic carbocycles. The second-order valence-corrected chi connectivity index (χ2v) is 5.85. The average molecular weight is 382 g/mol. The number of rotatable bonds is 8. The van der Waals surface area contributed by atoms with Crippen molar-refractivity contribution in [1.82, 2.24) is 5.32 Å². The minimum Gasteiger partial charge on any atom is -0.379 e. The van der Waals surface area contributed by atoms with Crippen LogP contribution in [0.25, 0.3) is 0 Å². The van der Waals surface area contributed by atoms with Gasteiger partial charge in [-0.05, 0) is 65.7 Å². The van der Waals surface area contributed by atoms with E-state index in [1.54, 1.807) is 0 Å². The Labute approximate surface area is 129 Å². The van der Waals surface area contributed by atoms with Crippen molar-refractivity contribution < 1.29 is 4.74 Å². The van der Waals surface area contributed by atoms with Crippen LogP contribution in [0.4, 0.5) is 0 Å². The fourth-order valence-electron chi connectivity index (χ4n) is 1.70. The van der Waals surface area contributed by atoms with E-state index in [9.17, 15) is 0 Å². The molecule has 18 heavy (non-hydrogen) atoms. The first-order chi connectivity index (χ1) is 8.69. The molecule has 0 saturated carbocycles. The summed E-state index contributed by atoms with van der Waals surface area (Å²) in [6, 6.07) is 6.24. The minimum absolute atomic E-state index is 0.224. The Hall–Kier alpha value is 0.160. The molecule has 0 amide bonds. The third-order valence-corrected chi connectivity index (χ3v) is 3.82. The highest BCUT2D eigenvalue weighted by Crippen LogP contribution is 2.24. The van der Waals surface area contributed by atoms with Gasteiger partial charge in [-0.3, -0.25) is 0 Å². The Morgan fingerprint density at radius 1 is 1.33 bits per heavy atom. The number of nitrogens with one attached hydrogen (secondary N) is 1. The SMILES string of the molecule is CCCNC(COCCC)c1cc(Cl)ccc1I. The molecular formula is C14H21ClINO. The van der Waals surface area contributed by atoms with E-state index in [-0.39, 0.29) is 6.04 Å². The number of benzene rings is 1. The average Bonchev–Trinajstić information content (AvgIpc) is 2.37. The van der Waals surface area contributed by atoms with Crippen LogP contribution in [0.3, 0.4) is 0 Å². The molecule has 1 unspecified atom stereocenters. The van der Waals surface area contributed by atoms with Gasteiger partial charge in [0.1, 0.15) is 0 Å². The van der Waals surface area contributed by atoms with E-state index >= 15 is 0 Å². The summed E-state index contributed by atoms with van der Waals surface area (Å²) in [5.74, 6) is 0. The maximum atomic E-state index is 6.08. The van der Waals surface area contributed by atoms with Gasteiger partial charge in [-0.2, -0.15) is 0 Å². The summed E-state index contributed by atoms with van der Waals surface area (Å²) in [4.78, 5) is 0. The highest BCUT2D eigenvalue weighted by molar-refractivity contribution is 14.1. The minimum atomic E-state index is 0.224. The Morgan fingerprint density at radius 3 is 2.78 bits per heavy atom. The van der Waals surface area contributed by atoms with Crippen molar-refractivity contribution in [2.45, 2.75) is 32.7 Å². The molecule has 0 spiro atoms. The molecule has 0 saturated heterocycles. The zero-order chi connectivity index (χ0) is 13.4. The van der Waals surface area contributed by atoms with Crippen molar-refractivity contribution in [3.05, 3.63) is 32.4 Å². The van der Waals surface area contributed by atoms with Gasteiger partial charge in [0.15, 0.2) is 0 Å². The normalized spacial score (nSPS) is 12.7. The van der Waals surface area contributed by atoms with E-state index in [1.165, 1.54) is 9.13 Å². The molecule has 1 N–H and O–H groups in total. The molecule has 0 aliphatic carbocycles. The summed E-state index contributed by atoms with van der Waals surface area (Å²) in [5.41, 5.74) is 1.23. The third-order valence-electron chi connectivity index (χ3n) is 2.61. The second kappa shape index (κ2) is 9.13. The van der Waals surface area contributed by atoms with Crippen LogP contribution in [0.1, 0.15) is 38.3 Å². The zero-order valence-electron chi connectivity index (χ0n) is 11.0. The maximum absolute atomic E-state index is 6.08. The van der Waals surface area contributed by atoms with E-state index in [4.69, 9.17) is 16.3 Å². The molecule has 1 rings (SSSR count). The summed E-state index contributed by atoms with van der Waals surface area (Å²) in [6.07, 6.45) is 2.16. The smallest absolute Gasteiger partial charge is 0.0661 e. The zero-order valence-corrected chi connectivity index (χ0v) is 13.9. The van der Waals surface area contributed by atoms with Gasteiger partial charge in [0.2, 0.25) is 0 Å². The predicted octanol–water partition coefficient (Wildman–Crippen LogP) is 4.41. The molecule has 0 aliphatic rings. The monoisotopic (exact) mass is 381 g/mol. The first-order valence-corrected chi connectivity index (χ1v) is 7.90. The van der Waals surface area contributed by atoms with Gasteiger partial charge in [0.05, 0.1) is 12.6 Å². The van der Waals surface area contributed by atoms with Crippen molar-refractivity contribution in [3.63, 3.8) is 0 Å². The maximum Gasteiger partial charge on any atom is 0.0661 e. The Morgan fingerprint density at radius 2 is 2.11 bits per heavy atom. The van der Waals surface area contributed by atoms with Crippen molar-refractivity contribution in [2.75, 3.05) is 19.8 Å². The van der Waals surface area contributed by atoms with Gasteiger partial charge in [-0.1, -0.05) is 25.4 Å². The lowest BCUT2D eigenvalue weighted by molar-refractivity contribution is 0.112. The largest absolute Gasteiger partial charge is 0.379 e. The van der Waals surface area contributed by atoms with Crippen LogP contribution < -0.4 is 5.32 Å². The van der Waals surface area contributed by atoms with Crippen LogP contribution in [0.15, 0.2) is 18.2 Å². The van der Waals surface area contributed by atoms with Crippen LogP contribution in [0.2, 0.25) is 5.02 Å². The second-order valence-electron chi connectivity index (χ2n) is 4.25. The highest BCUT2D eigenvalue weighted by Gasteiger charge is 2.14. The lowest BCUT2D eigenvalue weighted by atomic mass is 10.1. The van der Waals surface area contributed by atoms with Gasteiger partial charge in [-0.25, -0.2) is 0 Å². The van der Waals surface area contributed by atoms with Crippen LogP contribution >= 0.6 is 34.2 Å². The van der Waals surface area contributed by atoms with Crippen molar-refractivity contribution in [3.8, 4) is 0 Å². The highest BCUT2D eigenvalue weighted by atomic mass is 127. The molecule has 0 heterocycles. The molecular weight excluding hydrogens is 361 g/mol. The molecule has 1 aromatic rings. The Balaban J connectivity index is 2.75. The summed E-state index contributed by atoms with van der Waals surface area (Å²) < 4.78 is 6.91. The predicted molar refractivity (Wildman–Crippen MR) is 86.3 cm³/mol. The molecule has 1 atom stereocenters. The Bertz CT molecular complexity index is 360. The first-order valence-electron chi connectivity index (χ1n) is 6.45. The fraction of sp³-hybridized carbons (Fsp3) is 0.571. The van der Waals surface area contributed by atoms with Crippen LogP contribution in [-0.2, 0) is 4.74 Å². The van der Waals surface area contributed by atoms with Gasteiger partial charge < -0.3 is 10.1 Å². The van der Waals surface area contributed by atoms with Crippen molar-refractivity contribution >= 4 is 34.2 Å². The van der Waals surface area contributed by atoms with Crippen LogP contribution in [0, 0.1) is 3.57 Å². The van der Waals surface area contributed by atoms with Crippen LogP contribution in [0.5, 0.6) is 0 Å². The lowest BCUT2D eigenvalue weighted by Crippen LogP contribution is -2.27. The summed E-state index contributed by atoms with van der Waals surface area (Å²) in [6.45, 7) is 6.78. The summed E-state index contributed by atoms with van der Waals surface area (Å²) in [5, 5.41) is 4.31. The van der Waals surface area contributed by atoms with E-state index in [2.05, 4.69) is 47.8 Å². The quantitative estimate of drug-likeness (QED) is 0.532. The molecule has 0 aromatic heterocycles. The molecule has 102 valence electrons. The van der Waals surface area contributed by atoms with Gasteiger partial charge in [-0.15, -0.1) is 0 Å². The van der Waals surface area contributed by atoms with Gasteiger partial charge >= 0.3 is 0 Å². The number of hydrogen-bond donors (Lipinski definition) is 1. The van der Waals surface area contributed by atoms with Gasteiger partial charge in [0, 0.05) is 15.2 Å². The summed E-state index contributed by atoms with van der Waals surface area (Å²) >= 11 is 8.44. The number of halogens is 2. The number of hydrogen-bond acceptors (Lipinski definition) is 2. The van der Waals surface area contributed by atoms with E-state index in [0.717, 1.165) is 31.0 Å². The van der Waals surface area contributed by atoms with E-state index < -0.39 is 0 Å². The third kappa shape index (κ3) is 5.43. The molecule has 4 heteroatoms. The van der Waals surface area contributed by atoms with Gasteiger partial charge in [0.25, 0.3) is 0 Å². The first kappa shape index (κ1) is 16.2. The van der Waals surface area contributed by atoms with Crippen molar-refractivity contribution in [1.29, 1.82) is 0 Å². The van der Waals surface area contributed by atoms with Crippen LogP contribution in [-0.4, -0.2) is 19.8 Å². The molecule has 0 bridgehead atoms. The van der Waals surface area contributed by atoms with E-state index in [0.29, 0.717) is 6.61 Å². The molecule has 0 aliphatic heterocycles. The number of ether oxygens (including phenoxy) is 1. The topological polar surface area (TPSA) is 21.3 Å². The summed E-state index contributed by atoms with van der Waals surface area (Å²) in [7, 11) is 0. The van der Waals surface area contributed by atoms with E-state index in [1.807, 2.05) is 12.1 Å². The fourth-order valence-corrected chi connectivity index (χ4v) is 2.60. The van der Waals surface area contributed by atoms with Crippen molar-refractivity contribution in [2.24, 2.45) is 0 Å². The standard InChI is InChI=1S/C14H21ClINO/c1-3-7-17-14(10-18-8-4-2)12-9-11(15)5-6-13(12)16/h5-6,9,14,17H,3-4,7-8,10H2,1-2H3.